The van der Waals surface area contributed by atoms with Crippen molar-refractivity contribution < 1.29 is 4.39 Å². The zero-order valence-corrected chi connectivity index (χ0v) is 7.07. The molecule has 0 aliphatic rings. The molecule has 2 aromatic rings. The van der Waals surface area contributed by atoms with Crippen LogP contribution < -0.4 is 11.4 Å². The molecule has 72 valence electrons. The largest absolute Gasteiger partial charge is 0.396 e. The molecule has 0 unspecified atom stereocenters. The first-order chi connectivity index (χ1) is 6.68. The molecular formula is C8H7FN4O. The summed E-state index contributed by atoms with van der Waals surface area (Å²) in [7, 11) is 0. The third-order valence-corrected chi connectivity index (χ3v) is 1.81. The zero-order chi connectivity index (χ0) is 10.1. The monoisotopic (exact) mass is 194 g/mol. The molecule has 0 aliphatic carbocycles. The van der Waals surface area contributed by atoms with E-state index in [1.165, 1.54) is 29.1 Å². The Labute approximate surface area is 78.0 Å². The molecule has 6 heteroatoms. The fourth-order valence-electron chi connectivity index (χ4n) is 1.11. The molecule has 0 saturated carbocycles. The molecule has 3 N–H and O–H groups in total. The Morgan fingerprint density at radius 3 is 2.86 bits per heavy atom. The number of rotatable bonds is 1. The highest BCUT2D eigenvalue weighted by Gasteiger charge is 2.03. The van der Waals surface area contributed by atoms with Crippen LogP contribution >= 0.6 is 0 Å². The highest BCUT2D eigenvalue weighted by Crippen LogP contribution is 2.13. The standard InChI is InChI=1S/C8H7FN4O/c9-6-2-1-5(3-7(6)10)13-4-11-12-8(13)14/h1-4H,10H2,(H,12,14). The van der Waals surface area contributed by atoms with Crippen molar-refractivity contribution in [3.63, 3.8) is 0 Å². The van der Waals surface area contributed by atoms with Gasteiger partial charge in [0.05, 0.1) is 11.4 Å². The summed E-state index contributed by atoms with van der Waals surface area (Å²) in [5.41, 5.74) is 5.43. The lowest BCUT2D eigenvalue weighted by Gasteiger charge is -2.01. The number of aromatic nitrogens is 3. The third kappa shape index (κ3) is 1.26. The molecule has 0 spiro atoms. The number of hydrogen-bond acceptors (Lipinski definition) is 3. The van der Waals surface area contributed by atoms with Gasteiger partial charge in [-0.05, 0) is 18.2 Å². The minimum atomic E-state index is -0.509. The molecule has 0 atom stereocenters. The second-order valence-electron chi connectivity index (χ2n) is 2.74. The van der Waals surface area contributed by atoms with Crippen molar-refractivity contribution in [2.45, 2.75) is 0 Å². The van der Waals surface area contributed by atoms with Crippen molar-refractivity contribution in [3.8, 4) is 5.69 Å². The number of aromatic amines is 1. The molecule has 0 aliphatic heterocycles. The maximum atomic E-state index is 12.8. The van der Waals surface area contributed by atoms with Crippen LogP contribution in [-0.4, -0.2) is 14.8 Å². The van der Waals surface area contributed by atoms with Gasteiger partial charge in [-0.1, -0.05) is 0 Å². The van der Waals surface area contributed by atoms with Crippen molar-refractivity contribution in [2.75, 3.05) is 5.73 Å². The number of nitrogens with two attached hydrogens (primary N) is 1. The van der Waals surface area contributed by atoms with Gasteiger partial charge in [0.15, 0.2) is 0 Å². The van der Waals surface area contributed by atoms with E-state index in [0.29, 0.717) is 5.69 Å². The number of H-pyrrole nitrogens is 1. The fourth-order valence-corrected chi connectivity index (χ4v) is 1.11. The number of benzene rings is 1. The summed E-state index contributed by atoms with van der Waals surface area (Å²) in [6.07, 6.45) is 1.30. The van der Waals surface area contributed by atoms with Gasteiger partial charge in [0.2, 0.25) is 0 Å². The second-order valence-corrected chi connectivity index (χ2v) is 2.74. The van der Waals surface area contributed by atoms with E-state index in [0.717, 1.165) is 0 Å². The molecule has 0 amide bonds. The lowest BCUT2D eigenvalue weighted by Crippen LogP contribution is -2.14. The Kier molecular flexibility index (Phi) is 1.81. The summed E-state index contributed by atoms with van der Waals surface area (Å²) in [6.45, 7) is 0. The summed E-state index contributed by atoms with van der Waals surface area (Å²) in [5, 5.41) is 5.77. The number of hydrogen-bond donors (Lipinski definition) is 2. The Morgan fingerprint density at radius 2 is 2.29 bits per heavy atom. The van der Waals surface area contributed by atoms with Crippen LogP contribution in [0.5, 0.6) is 0 Å². The first-order valence-corrected chi connectivity index (χ1v) is 3.86. The number of halogens is 1. The van der Waals surface area contributed by atoms with Gasteiger partial charge in [-0.25, -0.2) is 18.9 Å². The van der Waals surface area contributed by atoms with Crippen molar-refractivity contribution in [1.82, 2.24) is 14.8 Å². The van der Waals surface area contributed by atoms with Crippen molar-refractivity contribution in [3.05, 3.63) is 40.8 Å². The van der Waals surface area contributed by atoms with Crippen LogP contribution in [-0.2, 0) is 0 Å². The molecule has 2 rings (SSSR count). The molecule has 1 aromatic carbocycles. The average molecular weight is 194 g/mol. The van der Waals surface area contributed by atoms with Gasteiger partial charge in [-0.2, -0.15) is 5.10 Å². The van der Waals surface area contributed by atoms with Gasteiger partial charge in [0, 0.05) is 0 Å². The highest BCUT2D eigenvalue weighted by atomic mass is 19.1. The molecule has 1 aromatic heterocycles. The van der Waals surface area contributed by atoms with E-state index in [9.17, 15) is 9.18 Å². The van der Waals surface area contributed by atoms with Crippen LogP contribution in [0, 0.1) is 5.82 Å². The zero-order valence-electron chi connectivity index (χ0n) is 7.07. The van der Waals surface area contributed by atoms with Crippen LogP contribution in [0.4, 0.5) is 10.1 Å². The molecule has 0 radical (unpaired) electrons. The smallest absolute Gasteiger partial charge is 0.347 e. The summed E-state index contributed by atoms with van der Waals surface area (Å²) in [5.74, 6) is -0.509. The third-order valence-electron chi connectivity index (χ3n) is 1.81. The van der Waals surface area contributed by atoms with Crippen molar-refractivity contribution in [1.29, 1.82) is 0 Å². The Bertz CT molecular complexity index is 516. The highest BCUT2D eigenvalue weighted by molar-refractivity contribution is 5.48. The lowest BCUT2D eigenvalue weighted by atomic mass is 10.2. The van der Waals surface area contributed by atoms with E-state index in [-0.39, 0.29) is 5.69 Å². The van der Waals surface area contributed by atoms with E-state index < -0.39 is 11.5 Å². The maximum Gasteiger partial charge on any atom is 0.347 e. The Hall–Kier alpha value is -2.11. The van der Waals surface area contributed by atoms with Gasteiger partial charge in [0.25, 0.3) is 0 Å². The van der Waals surface area contributed by atoms with Crippen LogP contribution in [0.25, 0.3) is 5.69 Å². The minimum Gasteiger partial charge on any atom is -0.396 e. The number of nitrogens with zero attached hydrogens (tertiary/aromatic N) is 2. The molecule has 1 heterocycles. The lowest BCUT2D eigenvalue weighted by molar-refractivity contribution is 0.632. The first kappa shape index (κ1) is 8.49. The molecule has 0 bridgehead atoms. The van der Waals surface area contributed by atoms with E-state index in [4.69, 9.17) is 5.73 Å². The van der Waals surface area contributed by atoms with Gasteiger partial charge >= 0.3 is 5.69 Å². The SMILES string of the molecule is Nc1cc(-n2cn[nH]c2=O)ccc1F. The fraction of sp³-hybridized carbons (Fsp3) is 0. The number of nitrogen functional groups attached to an aromatic ring is 1. The first-order valence-electron chi connectivity index (χ1n) is 3.86. The van der Waals surface area contributed by atoms with Crippen molar-refractivity contribution >= 4 is 5.69 Å². The Morgan fingerprint density at radius 1 is 1.50 bits per heavy atom. The van der Waals surface area contributed by atoms with Crippen molar-refractivity contribution in [2.24, 2.45) is 0 Å². The van der Waals surface area contributed by atoms with Gasteiger partial charge in [-0.15, -0.1) is 0 Å². The average Bonchev–Trinajstić information content (AvgIpc) is 2.57. The van der Waals surface area contributed by atoms with E-state index in [1.807, 2.05) is 0 Å². The minimum absolute atomic E-state index is 0.00407. The molecule has 0 saturated heterocycles. The Balaban J connectivity index is 2.59. The number of anilines is 1. The quantitative estimate of drug-likeness (QED) is 0.640. The van der Waals surface area contributed by atoms with E-state index >= 15 is 0 Å². The topological polar surface area (TPSA) is 76.7 Å². The number of nitrogens with one attached hydrogen (secondary N) is 1. The predicted molar refractivity (Wildman–Crippen MR) is 48.6 cm³/mol. The van der Waals surface area contributed by atoms with Crippen LogP contribution in [0.15, 0.2) is 29.3 Å². The molecule has 0 fully saturated rings. The molecular weight excluding hydrogens is 187 g/mol. The van der Waals surface area contributed by atoms with Crippen LogP contribution in [0.2, 0.25) is 0 Å². The summed E-state index contributed by atoms with van der Waals surface area (Å²) >= 11 is 0. The summed E-state index contributed by atoms with van der Waals surface area (Å²) in [6, 6.07) is 4.01. The summed E-state index contributed by atoms with van der Waals surface area (Å²) in [4.78, 5) is 11.1. The summed E-state index contributed by atoms with van der Waals surface area (Å²) < 4.78 is 14.0. The van der Waals surface area contributed by atoms with Gasteiger partial charge < -0.3 is 5.73 Å². The van der Waals surface area contributed by atoms with Gasteiger partial charge in [-0.3, -0.25) is 0 Å². The predicted octanol–water partition coefficient (Wildman–Crippen LogP) is 0.282. The van der Waals surface area contributed by atoms with Gasteiger partial charge in [0.1, 0.15) is 12.1 Å². The van der Waals surface area contributed by atoms with E-state index in [2.05, 4.69) is 10.2 Å². The molecule has 14 heavy (non-hydrogen) atoms. The van der Waals surface area contributed by atoms with Crippen LogP contribution in [0.1, 0.15) is 0 Å². The van der Waals surface area contributed by atoms with Crippen LogP contribution in [0.3, 0.4) is 0 Å². The van der Waals surface area contributed by atoms with E-state index in [1.54, 1.807) is 0 Å². The molecule has 5 nitrogen and oxygen atoms in total. The normalized spacial score (nSPS) is 10.4. The second kappa shape index (κ2) is 2.99. The maximum absolute atomic E-state index is 12.8.